The van der Waals surface area contributed by atoms with E-state index in [9.17, 15) is 19.8 Å². The Morgan fingerprint density at radius 1 is 0.500 bits per heavy atom. The van der Waals surface area contributed by atoms with Gasteiger partial charge in [-0.2, -0.15) is 0 Å². The van der Waals surface area contributed by atoms with Crippen molar-refractivity contribution < 1.29 is 10.2 Å². The molecule has 2 saturated heterocycles. The zero-order valence-corrected chi connectivity index (χ0v) is 35.9. The molecule has 10 heteroatoms. The SMILES string of the molecule is CCn1c(=O)n(C2CCN(CC3CCCCCCC3)CC2CO)c2ccccc21.CCn1c(=O)n(C2CCN(CC3CCCCCCC3)CC2CO)c2ccccc21. The van der Waals surface area contributed by atoms with Crippen LogP contribution in [-0.2, 0) is 13.1 Å². The van der Waals surface area contributed by atoms with Gasteiger partial charge in [-0.05, 0) is 88.5 Å². The summed E-state index contributed by atoms with van der Waals surface area (Å²) in [7, 11) is 0. The zero-order valence-electron chi connectivity index (χ0n) is 35.9. The van der Waals surface area contributed by atoms with Gasteiger partial charge in [0.15, 0.2) is 0 Å². The Labute approximate surface area is 346 Å². The van der Waals surface area contributed by atoms with Gasteiger partial charge in [0.05, 0.1) is 22.1 Å². The van der Waals surface area contributed by atoms with Gasteiger partial charge in [0.2, 0.25) is 0 Å². The first-order chi connectivity index (χ1) is 28.4. The molecule has 4 atom stereocenters. The topological polar surface area (TPSA) is 101 Å². The van der Waals surface area contributed by atoms with E-state index < -0.39 is 0 Å². The van der Waals surface area contributed by atoms with E-state index in [4.69, 9.17) is 0 Å². The highest BCUT2D eigenvalue weighted by molar-refractivity contribution is 5.77. The van der Waals surface area contributed by atoms with Crippen LogP contribution in [0.2, 0.25) is 0 Å². The van der Waals surface area contributed by atoms with Gasteiger partial charge in [0.25, 0.3) is 0 Å². The summed E-state index contributed by atoms with van der Waals surface area (Å²) in [5, 5.41) is 20.4. The first kappa shape index (κ1) is 42.9. The number of hydrogen-bond donors (Lipinski definition) is 2. The third-order valence-corrected chi connectivity index (χ3v) is 14.5. The van der Waals surface area contributed by atoms with Crippen LogP contribution in [0.4, 0.5) is 0 Å². The number of imidazole rings is 2. The molecular formula is C48H74N6O4. The van der Waals surface area contributed by atoms with E-state index in [1.165, 1.54) is 89.9 Å². The fraction of sp³-hybridized carbons (Fsp3) is 0.708. The molecular weight excluding hydrogens is 725 g/mol. The summed E-state index contributed by atoms with van der Waals surface area (Å²) in [4.78, 5) is 31.5. The van der Waals surface area contributed by atoms with E-state index in [1.54, 1.807) is 0 Å². The average Bonchev–Trinajstić information content (AvgIpc) is 3.68. The van der Waals surface area contributed by atoms with Crippen LogP contribution in [0.5, 0.6) is 0 Å². The van der Waals surface area contributed by atoms with Gasteiger partial charge in [-0.15, -0.1) is 0 Å². The Morgan fingerprint density at radius 3 is 1.19 bits per heavy atom. The van der Waals surface area contributed by atoms with Crippen LogP contribution < -0.4 is 11.4 Å². The molecule has 58 heavy (non-hydrogen) atoms. The minimum absolute atomic E-state index is 0.0746. The molecule has 0 amide bonds. The van der Waals surface area contributed by atoms with E-state index in [1.807, 2.05) is 68.5 Å². The molecule has 0 bridgehead atoms. The molecule has 2 aliphatic heterocycles. The Balaban J connectivity index is 0.000000177. The van der Waals surface area contributed by atoms with Gasteiger partial charge < -0.3 is 20.0 Å². The van der Waals surface area contributed by atoms with Gasteiger partial charge in [-0.1, -0.05) is 88.5 Å². The molecule has 2 N–H and O–H groups in total. The molecule has 4 heterocycles. The molecule has 320 valence electrons. The van der Waals surface area contributed by atoms with E-state index in [0.29, 0.717) is 13.1 Å². The molecule has 0 radical (unpaired) electrons. The van der Waals surface area contributed by atoms with Crippen LogP contribution in [0.25, 0.3) is 22.1 Å². The smallest absolute Gasteiger partial charge is 0.329 e. The summed E-state index contributed by atoms with van der Waals surface area (Å²) < 4.78 is 7.69. The van der Waals surface area contributed by atoms with Crippen molar-refractivity contribution >= 4 is 22.1 Å². The molecule has 0 spiro atoms. The number of rotatable bonds is 10. The Morgan fingerprint density at radius 2 is 0.845 bits per heavy atom. The van der Waals surface area contributed by atoms with Crippen molar-refractivity contribution in [2.45, 2.75) is 142 Å². The number of piperidine rings is 2. The van der Waals surface area contributed by atoms with E-state index >= 15 is 0 Å². The molecule has 2 aliphatic carbocycles. The summed E-state index contributed by atoms with van der Waals surface area (Å²) >= 11 is 0. The Bertz CT molecular complexity index is 1840. The summed E-state index contributed by atoms with van der Waals surface area (Å²) in [5.74, 6) is 1.84. The van der Waals surface area contributed by atoms with Gasteiger partial charge in [0, 0.05) is 89.5 Å². The lowest BCUT2D eigenvalue weighted by molar-refractivity contribution is 0.0646. The number of hydrogen-bond acceptors (Lipinski definition) is 6. The molecule has 2 saturated carbocycles. The molecule has 4 fully saturated rings. The maximum Gasteiger partial charge on any atom is 0.329 e. The normalized spacial score (nSPS) is 25.2. The number of aromatic nitrogens is 4. The Kier molecular flexibility index (Phi) is 15.4. The van der Waals surface area contributed by atoms with Crippen molar-refractivity contribution in [1.82, 2.24) is 28.1 Å². The lowest BCUT2D eigenvalue weighted by Crippen LogP contribution is -2.46. The zero-order chi connectivity index (χ0) is 40.4. The largest absolute Gasteiger partial charge is 0.396 e. The second-order valence-electron chi connectivity index (χ2n) is 18.3. The monoisotopic (exact) mass is 799 g/mol. The van der Waals surface area contributed by atoms with Gasteiger partial charge >= 0.3 is 11.4 Å². The lowest BCUT2D eigenvalue weighted by atomic mass is 9.88. The predicted molar refractivity (Wildman–Crippen MR) is 237 cm³/mol. The van der Waals surface area contributed by atoms with Gasteiger partial charge in [-0.25, -0.2) is 9.59 Å². The summed E-state index contributed by atoms with van der Waals surface area (Å²) in [6.07, 6.45) is 21.2. The fourth-order valence-electron chi connectivity index (χ4n) is 11.5. The highest BCUT2D eigenvalue weighted by Crippen LogP contribution is 2.34. The van der Waals surface area contributed by atoms with E-state index in [0.717, 1.165) is 86.0 Å². The van der Waals surface area contributed by atoms with Crippen molar-refractivity contribution in [3.8, 4) is 0 Å². The second-order valence-corrected chi connectivity index (χ2v) is 18.3. The van der Waals surface area contributed by atoms with E-state index in [-0.39, 0.29) is 48.5 Å². The molecule has 4 unspecified atom stereocenters. The standard InChI is InChI=1S/2C24H37N3O2/c2*1-2-26-22-12-8-9-13-23(22)27(24(26)29)21-14-15-25(17-20(21)18-28)16-19-10-6-4-3-5-7-11-19/h2*8-9,12-13,19-21,28H,2-7,10-11,14-18H2,1H3. The third-order valence-electron chi connectivity index (χ3n) is 14.5. The predicted octanol–water partition coefficient (Wildman–Crippen LogP) is 8.08. The molecule has 2 aromatic heterocycles. The van der Waals surface area contributed by atoms with Gasteiger partial charge in [-0.3, -0.25) is 18.3 Å². The highest BCUT2D eigenvalue weighted by Gasteiger charge is 2.35. The number of likely N-dealkylation sites (tertiary alicyclic amines) is 2. The van der Waals surface area contributed by atoms with Crippen LogP contribution in [0.3, 0.4) is 0 Å². The number of para-hydroxylation sites is 4. The highest BCUT2D eigenvalue weighted by atomic mass is 16.3. The summed E-state index contributed by atoms with van der Waals surface area (Å²) in [6.45, 7) is 11.9. The number of aryl methyl sites for hydroxylation is 2. The van der Waals surface area contributed by atoms with E-state index in [2.05, 4.69) is 21.9 Å². The number of benzene rings is 2. The first-order valence-corrected chi connectivity index (χ1v) is 23.5. The van der Waals surface area contributed by atoms with Crippen LogP contribution in [0, 0.1) is 23.7 Å². The average molecular weight is 799 g/mol. The second kappa shape index (κ2) is 20.9. The molecule has 2 aromatic carbocycles. The van der Waals surface area contributed by atoms with Crippen molar-refractivity contribution in [3.63, 3.8) is 0 Å². The number of aliphatic hydroxyl groups is 2. The Hall–Kier alpha value is -3.18. The summed E-state index contributed by atoms with van der Waals surface area (Å²) in [6, 6.07) is 16.4. The molecule has 8 rings (SSSR count). The third kappa shape index (κ3) is 9.72. The minimum atomic E-state index is 0.0746. The molecule has 4 aliphatic rings. The first-order valence-electron chi connectivity index (χ1n) is 23.5. The maximum atomic E-state index is 13.2. The molecule has 4 aromatic rings. The minimum Gasteiger partial charge on any atom is -0.396 e. The van der Waals surface area contributed by atoms with Crippen LogP contribution in [0.15, 0.2) is 58.1 Å². The molecule has 10 nitrogen and oxygen atoms in total. The quantitative estimate of drug-likeness (QED) is 0.168. The summed E-state index contributed by atoms with van der Waals surface area (Å²) in [5.41, 5.74) is 4.19. The van der Waals surface area contributed by atoms with Gasteiger partial charge in [0.1, 0.15) is 0 Å². The number of nitrogens with zero attached hydrogens (tertiary/aromatic N) is 6. The van der Waals surface area contributed by atoms with Crippen molar-refractivity contribution in [3.05, 3.63) is 69.5 Å². The number of aliphatic hydroxyl groups excluding tert-OH is 2. The van der Waals surface area contributed by atoms with Crippen LogP contribution >= 0.6 is 0 Å². The van der Waals surface area contributed by atoms with Crippen molar-refractivity contribution in [2.75, 3.05) is 52.5 Å². The van der Waals surface area contributed by atoms with Crippen LogP contribution in [0.1, 0.15) is 129 Å². The van der Waals surface area contributed by atoms with Crippen molar-refractivity contribution in [1.29, 1.82) is 0 Å². The lowest BCUT2D eigenvalue weighted by Gasteiger charge is -2.40. The maximum absolute atomic E-state index is 13.2. The van der Waals surface area contributed by atoms with Crippen molar-refractivity contribution in [2.24, 2.45) is 23.7 Å². The fourth-order valence-corrected chi connectivity index (χ4v) is 11.5. The van der Waals surface area contributed by atoms with Crippen LogP contribution in [-0.4, -0.2) is 90.8 Å². The number of fused-ring (bicyclic) bond motifs is 2.